The Morgan fingerprint density at radius 2 is 1.64 bits per heavy atom. The first-order valence-corrected chi connectivity index (χ1v) is 11.8. The molecule has 1 aromatic heterocycles. The summed E-state index contributed by atoms with van der Waals surface area (Å²) in [5.41, 5.74) is 1.28. The zero-order valence-corrected chi connectivity index (χ0v) is 20.5. The van der Waals surface area contributed by atoms with Crippen molar-refractivity contribution in [3.05, 3.63) is 41.4 Å². The molecular formula is C23H26ClN3O5S. The van der Waals surface area contributed by atoms with E-state index in [0.717, 1.165) is 11.8 Å². The molecule has 176 valence electrons. The van der Waals surface area contributed by atoms with Crippen LogP contribution in [0.3, 0.4) is 0 Å². The molecule has 0 saturated carbocycles. The number of benzene rings is 2. The van der Waals surface area contributed by atoms with Crippen LogP contribution in [0.15, 0.2) is 46.0 Å². The van der Waals surface area contributed by atoms with Gasteiger partial charge in [-0.15, -0.1) is 10.2 Å². The zero-order valence-electron chi connectivity index (χ0n) is 18.9. The first-order chi connectivity index (χ1) is 15.9. The molecule has 0 saturated heterocycles. The Hall–Kier alpha value is -2.91. The van der Waals surface area contributed by atoms with Crippen molar-refractivity contribution >= 4 is 35.0 Å². The van der Waals surface area contributed by atoms with Gasteiger partial charge in [-0.2, -0.15) is 0 Å². The van der Waals surface area contributed by atoms with Crippen molar-refractivity contribution in [3.8, 4) is 28.7 Å². The molecule has 33 heavy (non-hydrogen) atoms. The molecule has 3 rings (SSSR count). The van der Waals surface area contributed by atoms with Gasteiger partial charge in [-0.05, 0) is 64.1 Å². The van der Waals surface area contributed by atoms with Gasteiger partial charge in [-0.1, -0.05) is 23.4 Å². The number of ether oxygens (including phenoxy) is 3. The highest BCUT2D eigenvalue weighted by molar-refractivity contribution is 8.00. The molecule has 8 nitrogen and oxygen atoms in total. The Labute approximate surface area is 202 Å². The molecule has 1 amide bonds. The van der Waals surface area contributed by atoms with E-state index in [9.17, 15) is 4.79 Å². The van der Waals surface area contributed by atoms with Gasteiger partial charge in [0.1, 0.15) is 0 Å². The number of nitrogens with one attached hydrogen (secondary N) is 1. The third kappa shape index (κ3) is 6.55. The number of hydrogen-bond acceptors (Lipinski definition) is 8. The number of anilines is 1. The second kappa shape index (κ2) is 11.8. The Morgan fingerprint density at radius 1 is 1.03 bits per heavy atom. The zero-order chi connectivity index (χ0) is 23.8. The lowest BCUT2D eigenvalue weighted by atomic mass is 10.2. The maximum absolute atomic E-state index is 12.5. The second-order valence-corrected chi connectivity index (χ2v) is 8.46. The SMILES string of the molecule is CCOc1cc(-c2nnc(SC(C)C(=O)Nc3ccc(Cl)cc3)o2)cc(OCC)c1OCC. The topological polar surface area (TPSA) is 95.7 Å². The molecule has 0 radical (unpaired) electrons. The van der Waals surface area contributed by atoms with Gasteiger partial charge >= 0.3 is 0 Å². The number of aromatic nitrogens is 2. The number of nitrogens with zero attached hydrogens (tertiary/aromatic N) is 2. The summed E-state index contributed by atoms with van der Waals surface area (Å²) < 4.78 is 23.0. The van der Waals surface area contributed by atoms with E-state index in [4.69, 9.17) is 30.2 Å². The predicted molar refractivity (Wildman–Crippen MR) is 129 cm³/mol. The van der Waals surface area contributed by atoms with Crippen LogP contribution in [0.5, 0.6) is 17.2 Å². The number of amides is 1. The van der Waals surface area contributed by atoms with Crippen LogP contribution < -0.4 is 19.5 Å². The lowest BCUT2D eigenvalue weighted by Crippen LogP contribution is -2.22. The number of halogens is 1. The third-order valence-electron chi connectivity index (χ3n) is 4.32. The maximum Gasteiger partial charge on any atom is 0.277 e. The summed E-state index contributed by atoms with van der Waals surface area (Å²) in [6.45, 7) is 8.82. The predicted octanol–water partition coefficient (Wildman–Crippen LogP) is 5.71. The first-order valence-electron chi connectivity index (χ1n) is 10.6. The van der Waals surface area contributed by atoms with E-state index in [0.29, 0.717) is 53.3 Å². The summed E-state index contributed by atoms with van der Waals surface area (Å²) in [5, 5.41) is 11.5. The van der Waals surface area contributed by atoms with Gasteiger partial charge in [0.2, 0.25) is 17.5 Å². The van der Waals surface area contributed by atoms with Crippen molar-refractivity contribution in [2.75, 3.05) is 25.1 Å². The third-order valence-corrected chi connectivity index (χ3v) is 5.51. The molecule has 2 aromatic carbocycles. The monoisotopic (exact) mass is 491 g/mol. The van der Waals surface area contributed by atoms with Crippen molar-refractivity contribution < 1.29 is 23.4 Å². The molecule has 3 aromatic rings. The molecular weight excluding hydrogens is 466 g/mol. The largest absolute Gasteiger partial charge is 0.490 e. The van der Waals surface area contributed by atoms with Crippen molar-refractivity contribution in [3.63, 3.8) is 0 Å². The molecule has 0 fully saturated rings. The summed E-state index contributed by atoms with van der Waals surface area (Å²) in [6.07, 6.45) is 0. The number of carbonyl (C=O) groups excluding carboxylic acids is 1. The standard InChI is InChI=1S/C23H26ClN3O5S/c1-5-29-18-12-15(13-19(30-6-2)20(18)31-7-3)22-26-27-23(32-22)33-14(4)21(28)25-17-10-8-16(24)9-11-17/h8-14H,5-7H2,1-4H3,(H,25,28). The molecule has 1 unspecified atom stereocenters. The van der Waals surface area contributed by atoms with Crippen molar-refractivity contribution in [1.29, 1.82) is 0 Å². The van der Waals surface area contributed by atoms with Crippen molar-refractivity contribution in [1.82, 2.24) is 10.2 Å². The fourth-order valence-electron chi connectivity index (χ4n) is 2.87. The number of rotatable bonds is 11. The molecule has 10 heteroatoms. The van der Waals surface area contributed by atoms with Crippen LogP contribution in [0.1, 0.15) is 27.7 Å². The molecule has 0 aliphatic rings. The Kier molecular flexibility index (Phi) is 8.85. The van der Waals surface area contributed by atoms with Crippen LogP contribution in [-0.2, 0) is 4.79 Å². The Balaban J connectivity index is 1.77. The van der Waals surface area contributed by atoms with E-state index in [-0.39, 0.29) is 17.0 Å². The van der Waals surface area contributed by atoms with E-state index < -0.39 is 5.25 Å². The van der Waals surface area contributed by atoms with Gasteiger partial charge in [0.05, 0.1) is 25.1 Å². The highest BCUT2D eigenvalue weighted by Crippen LogP contribution is 2.42. The lowest BCUT2D eigenvalue weighted by molar-refractivity contribution is -0.115. The van der Waals surface area contributed by atoms with Crippen molar-refractivity contribution in [2.24, 2.45) is 0 Å². The maximum atomic E-state index is 12.5. The number of thioether (sulfide) groups is 1. The minimum absolute atomic E-state index is 0.194. The summed E-state index contributed by atoms with van der Waals surface area (Å²) in [4.78, 5) is 12.5. The molecule has 0 bridgehead atoms. The lowest BCUT2D eigenvalue weighted by Gasteiger charge is -2.16. The van der Waals surface area contributed by atoms with E-state index in [1.807, 2.05) is 20.8 Å². The van der Waals surface area contributed by atoms with E-state index in [2.05, 4.69) is 15.5 Å². The van der Waals surface area contributed by atoms with Gasteiger partial charge in [0.25, 0.3) is 5.22 Å². The van der Waals surface area contributed by atoms with Crippen LogP contribution in [-0.4, -0.2) is 41.2 Å². The Morgan fingerprint density at radius 3 is 2.21 bits per heavy atom. The second-order valence-electron chi connectivity index (χ2n) is 6.73. The summed E-state index contributed by atoms with van der Waals surface area (Å²) in [6, 6.07) is 10.4. The van der Waals surface area contributed by atoms with Crippen LogP contribution in [0, 0.1) is 0 Å². The average Bonchev–Trinajstić information content (AvgIpc) is 3.26. The van der Waals surface area contributed by atoms with E-state index >= 15 is 0 Å². The minimum Gasteiger partial charge on any atom is -0.490 e. The molecule has 0 aliphatic heterocycles. The quantitative estimate of drug-likeness (QED) is 0.341. The van der Waals surface area contributed by atoms with Gasteiger partial charge in [0, 0.05) is 16.3 Å². The molecule has 1 heterocycles. The molecule has 1 atom stereocenters. The van der Waals surface area contributed by atoms with Crippen molar-refractivity contribution in [2.45, 2.75) is 38.2 Å². The molecule has 0 aliphatic carbocycles. The van der Waals surface area contributed by atoms with Crippen LogP contribution in [0.2, 0.25) is 5.02 Å². The van der Waals surface area contributed by atoms with Crippen LogP contribution in [0.25, 0.3) is 11.5 Å². The van der Waals surface area contributed by atoms with E-state index in [1.54, 1.807) is 43.3 Å². The molecule has 0 spiro atoms. The minimum atomic E-state index is -0.465. The first kappa shape index (κ1) is 24.7. The number of carbonyl (C=O) groups is 1. The van der Waals surface area contributed by atoms with Gasteiger partial charge in [0.15, 0.2) is 11.5 Å². The van der Waals surface area contributed by atoms with E-state index in [1.165, 1.54) is 0 Å². The smallest absolute Gasteiger partial charge is 0.277 e. The fraction of sp³-hybridized carbons (Fsp3) is 0.348. The van der Waals surface area contributed by atoms with Crippen LogP contribution in [0.4, 0.5) is 5.69 Å². The van der Waals surface area contributed by atoms with Crippen LogP contribution >= 0.6 is 23.4 Å². The highest BCUT2D eigenvalue weighted by Gasteiger charge is 2.21. The summed E-state index contributed by atoms with van der Waals surface area (Å²) >= 11 is 7.05. The molecule has 1 N–H and O–H groups in total. The highest BCUT2D eigenvalue weighted by atomic mass is 35.5. The summed E-state index contributed by atoms with van der Waals surface area (Å²) in [5.74, 6) is 1.69. The number of hydrogen-bond donors (Lipinski definition) is 1. The summed E-state index contributed by atoms with van der Waals surface area (Å²) in [7, 11) is 0. The van der Waals surface area contributed by atoms with Gasteiger partial charge < -0.3 is 23.9 Å². The van der Waals surface area contributed by atoms with Gasteiger partial charge in [-0.25, -0.2) is 0 Å². The fourth-order valence-corrected chi connectivity index (χ4v) is 3.68. The average molecular weight is 492 g/mol. The normalized spacial score (nSPS) is 11.7. The van der Waals surface area contributed by atoms with Gasteiger partial charge in [-0.3, -0.25) is 4.79 Å². The Bertz CT molecular complexity index is 1050.